The number of methoxy groups -OCH3 is 1. The third-order valence-electron chi connectivity index (χ3n) is 6.12. The summed E-state index contributed by atoms with van der Waals surface area (Å²) in [5.41, 5.74) is 2.47. The van der Waals surface area contributed by atoms with Crippen molar-refractivity contribution >= 4 is 39.0 Å². The second kappa shape index (κ2) is 9.60. The van der Waals surface area contributed by atoms with E-state index in [0.29, 0.717) is 22.4 Å². The van der Waals surface area contributed by atoms with Crippen LogP contribution < -0.4 is 9.04 Å². The normalized spacial score (nSPS) is 18.4. The molecule has 3 aromatic carbocycles. The molecule has 0 fully saturated rings. The average molecular weight is 520 g/mol. The number of hydrogen-bond acceptors (Lipinski definition) is 4. The zero-order chi connectivity index (χ0) is 25.5. The maximum absolute atomic E-state index is 14.4. The van der Waals surface area contributed by atoms with E-state index in [4.69, 9.17) is 16.3 Å². The molecule has 35 heavy (non-hydrogen) atoms. The monoisotopic (exact) mass is 519 g/mol. The first-order valence-corrected chi connectivity index (χ1v) is 12.7. The molecule has 0 spiro atoms. The van der Waals surface area contributed by atoms with E-state index >= 15 is 0 Å². The summed E-state index contributed by atoms with van der Waals surface area (Å²) in [4.78, 5) is -0.169. The van der Waals surface area contributed by atoms with Crippen LogP contribution in [-0.2, 0) is 16.4 Å². The van der Waals surface area contributed by atoms with Crippen molar-refractivity contribution in [3.05, 3.63) is 87.9 Å². The van der Waals surface area contributed by atoms with Crippen molar-refractivity contribution in [3.8, 4) is 5.75 Å². The van der Waals surface area contributed by atoms with E-state index in [1.807, 2.05) is 0 Å². The topological polar surface area (TPSA) is 66.8 Å². The lowest BCUT2D eigenvalue weighted by molar-refractivity contribution is 0.147. The third kappa shape index (κ3) is 4.66. The first-order valence-electron chi connectivity index (χ1n) is 10.9. The fourth-order valence-corrected chi connectivity index (χ4v) is 6.32. The van der Waals surface area contributed by atoms with Gasteiger partial charge in [-0.05, 0) is 60.9 Å². The van der Waals surface area contributed by atoms with Gasteiger partial charge in [-0.2, -0.15) is 0 Å². The molecule has 1 heterocycles. The molecular weight excluding hydrogens is 496 g/mol. The maximum Gasteiger partial charge on any atom is 0.264 e. The molecule has 184 valence electrons. The number of aliphatic hydroxyl groups is 1. The van der Waals surface area contributed by atoms with Gasteiger partial charge < -0.3 is 9.84 Å². The Morgan fingerprint density at radius 2 is 1.89 bits per heavy atom. The molecular formula is C26H24ClF2NO4S. The Morgan fingerprint density at radius 3 is 2.57 bits per heavy atom. The van der Waals surface area contributed by atoms with E-state index in [1.54, 1.807) is 44.2 Å². The van der Waals surface area contributed by atoms with Gasteiger partial charge in [-0.3, -0.25) is 4.31 Å². The second-order valence-corrected chi connectivity index (χ2v) is 10.6. The minimum atomic E-state index is -4.19. The predicted octanol–water partition coefficient (Wildman–Crippen LogP) is 5.69. The molecule has 0 saturated carbocycles. The molecule has 0 amide bonds. The van der Waals surface area contributed by atoms with Crippen LogP contribution in [0.2, 0.25) is 5.02 Å². The molecule has 5 nitrogen and oxygen atoms in total. The summed E-state index contributed by atoms with van der Waals surface area (Å²) in [6, 6.07) is 12.1. The molecule has 1 N–H and O–H groups in total. The van der Waals surface area contributed by atoms with Crippen LogP contribution in [0.15, 0.2) is 59.5 Å². The van der Waals surface area contributed by atoms with Crippen LogP contribution >= 0.6 is 11.6 Å². The molecule has 0 unspecified atom stereocenters. The highest BCUT2D eigenvalue weighted by Crippen LogP contribution is 2.38. The fourth-order valence-electron chi connectivity index (χ4n) is 4.28. The predicted molar refractivity (Wildman–Crippen MR) is 133 cm³/mol. The average Bonchev–Trinajstić information content (AvgIpc) is 2.80. The number of nitrogens with zero attached hydrogens (tertiary/aromatic N) is 1. The molecule has 3 aromatic rings. The van der Waals surface area contributed by atoms with Gasteiger partial charge in [-0.1, -0.05) is 35.9 Å². The van der Waals surface area contributed by atoms with Gasteiger partial charge in [0.2, 0.25) is 0 Å². The highest BCUT2D eigenvalue weighted by atomic mass is 35.5. The first-order chi connectivity index (χ1) is 16.5. The Morgan fingerprint density at radius 1 is 1.14 bits per heavy atom. The molecule has 0 aromatic heterocycles. The van der Waals surface area contributed by atoms with E-state index in [2.05, 4.69) is 0 Å². The number of sulfonamides is 1. The molecule has 1 aliphatic rings. The van der Waals surface area contributed by atoms with E-state index in [-0.39, 0.29) is 27.7 Å². The zero-order valence-electron chi connectivity index (χ0n) is 19.3. The van der Waals surface area contributed by atoms with Crippen molar-refractivity contribution in [3.63, 3.8) is 0 Å². The van der Waals surface area contributed by atoms with Gasteiger partial charge in [0.25, 0.3) is 10.0 Å². The number of benzene rings is 3. The Bertz CT molecular complexity index is 1400. The van der Waals surface area contributed by atoms with Gasteiger partial charge in [0.05, 0.1) is 34.9 Å². The summed E-state index contributed by atoms with van der Waals surface area (Å²) < 4.78 is 61.8. The van der Waals surface area contributed by atoms with E-state index in [1.165, 1.54) is 19.2 Å². The number of anilines is 1. The summed E-state index contributed by atoms with van der Waals surface area (Å²) in [5.74, 6) is -1.35. The smallest absolute Gasteiger partial charge is 0.264 e. The van der Waals surface area contributed by atoms with Gasteiger partial charge in [0, 0.05) is 18.1 Å². The van der Waals surface area contributed by atoms with Gasteiger partial charge in [0.15, 0.2) is 11.6 Å². The van der Waals surface area contributed by atoms with Gasteiger partial charge in [0.1, 0.15) is 5.82 Å². The lowest BCUT2D eigenvalue weighted by Crippen LogP contribution is -2.49. The van der Waals surface area contributed by atoms with E-state index in [0.717, 1.165) is 22.5 Å². The fraction of sp³-hybridized carbons (Fsp3) is 0.231. The Hall–Kier alpha value is -2.94. The van der Waals surface area contributed by atoms with Crippen molar-refractivity contribution in [2.75, 3.05) is 11.4 Å². The molecule has 0 bridgehead atoms. The van der Waals surface area contributed by atoms with Crippen LogP contribution in [-0.4, -0.2) is 32.8 Å². The Kier molecular flexibility index (Phi) is 6.90. The molecule has 1 aliphatic heterocycles. The van der Waals surface area contributed by atoms with Crippen molar-refractivity contribution in [2.45, 2.75) is 37.3 Å². The van der Waals surface area contributed by atoms with Crippen LogP contribution in [0.1, 0.15) is 30.5 Å². The van der Waals surface area contributed by atoms with Gasteiger partial charge in [-0.15, -0.1) is 0 Å². The number of fused-ring (bicyclic) bond motifs is 1. The summed E-state index contributed by atoms with van der Waals surface area (Å²) in [7, 11) is -2.94. The van der Waals surface area contributed by atoms with Gasteiger partial charge >= 0.3 is 0 Å². The van der Waals surface area contributed by atoms with Crippen molar-refractivity contribution in [1.82, 2.24) is 0 Å². The lowest BCUT2D eigenvalue weighted by Gasteiger charge is -2.39. The molecule has 0 aliphatic carbocycles. The quantitative estimate of drug-likeness (QED) is 0.440. The zero-order valence-corrected chi connectivity index (χ0v) is 20.9. The third-order valence-corrected chi connectivity index (χ3v) is 8.33. The molecule has 0 radical (unpaired) electrons. The summed E-state index contributed by atoms with van der Waals surface area (Å²) in [6.07, 6.45) is 1.03. The van der Waals surface area contributed by atoms with Crippen molar-refractivity contribution in [1.29, 1.82) is 0 Å². The van der Waals surface area contributed by atoms with Crippen molar-refractivity contribution < 1.29 is 27.0 Å². The molecule has 4 rings (SSSR count). The molecule has 9 heteroatoms. The number of halogens is 3. The minimum Gasteiger partial charge on any atom is -0.494 e. The van der Waals surface area contributed by atoms with Gasteiger partial charge in [-0.25, -0.2) is 17.2 Å². The first kappa shape index (κ1) is 25.2. The summed E-state index contributed by atoms with van der Waals surface area (Å²) in [5, 5.41) is 10.9. The van der Waals surface area contributed by atoms with Crippen LogP contribution in [0.4, 0.5) is 14.5 Å². The Balaban J connectivity index is 1.83. The maximum atomic E-state index is 14.4. The number of rotatable bonds is 5. The highest BCUT2D eigenvalue weighted by Gasteiger charge is 2.38. The number of aliphatic hydroxyl groups excluding tert-OH is 1. The number of allylic oxidation sites excluding steroid dienone is 1. The van der Waals surface area contributed by atoms with E-state index < -0.39 is 33.8 Å². The number of hydrogen-bond donors (Lipinski definition) is 1. The summed E-state index contributed by atoms with van der Waals surface area (Å²) in [6.45, 7) is 3.33. The van der Waals surface area contributed by atoms with Crippen LogP contribution in [0, 0.1) is 11.6 Å². The highest BCUT2D eigenvalue weighted by molar-refractivity contribution is 7.92. The largest absolute Gasteiger partial charge is 0.494 e. The minimum absolute atomic E-state index is 0.169. The van der Waals surface area contributed by atoms with Crippen molar-refractivity contribution in [2.24, 2.45) is 0 Å². The summed E-state index contributed by atoms with van der Waals surface area (Å²) >= 11 is 6.19. The van der Waals surface area contributed by atoms with Crippen LogP contribution in [0.3, 0.4) is 0 Å². The molecule has 0 saturated heterocycles. The molecule has 2 atom stereocenters. The van der Waals surface area contributed by atoms with Crippen LogP contribution in [0.25, 0.3) is 11.6 Å². The standard InChI is InChI=1S/C26H24ClF2NO4S/c1-15(26-20(27)5-4-6-22(26)29)11-17-7-8-18-13-24(31)16(2)30(23(18)12-17)35(32,33)19-9-10-21(28)25(14-19)34-3/h4-12,14,16,24,31H,13H2,1-3H3/t16-,24+/m1/s1. The lowest BCUT2D eigenvalue weighted by atomic mass is 9.94. The van der Waals surface area contributed by atoms with Crippen LogP contribution in [0.5, 0.6) is 5.75 Å². The second-order valence-electron chi connectivity index (χ2n) is 8.42. The Labute approximate surface area is 208 Å². The van der Waals surface area contributed by atoms with E-state index in [9.17, 15) is 22.3 Å². The number of ether oxygens (including phenoxy) is 1. The SMILES string of the molecule is COc1cc(S(=O)(=O)N2c3cc(C=C(C)c4c(F)cccc4Cl)ccc3C[C@H](O)[C@H]2C)ccc1F.